The second-order valence-electron chi connectivity index (χ2n) is 4.40. The first-order valence-electron chi connectivity index (χ1n) is 6.08. The van der Waals surface area contributed by atoms with E-state index in [-0.39, 0.29) is 6.54 Å². The summed E-state index contributed by atoms with van der Waals surface area (Å²) in [5.74, 6) is -1.86. The van der Waals surface area contributed by atoms with Crippen molar-refractivity contribution in [3.8, 4) is 0 Å². The normalized spacial score (nSPS) is 18.8. The number of halogens is 3. The molecule has 0 radical (unpaired) electrons. The number of alkyl halides is 3. The van der Waals surface area contributed by atoms with Crippen molar-refractivity contribution in [3.05, 3.63) is 0 Å². The van der Waals surface area contributed by atoms with Crippen LogP contribution >= 0.6 is 0 Å². The first-order valence-corrected chi connectivity index (χ1v) is 6.08. The number of hydrogen-bond donors (Lipinski definition) is 2. The van der Waals surface area contributed by atoms with Gasteiger partial charge in [0, 0.05) is 19.1 Å². The van der Waals surface area contributed by atoms with E-state index < -0.39 is 12.1 Å². The number of nitrogens with one attached hydrogen (secondary N) is 2. The molecule has 0 heterocycles. The Morgan fingerprint density at radius 2 is 1.65 bits per heavy atom. The fraction of sp³-hybridized carbons (Fsp3) is 0.909. The Balaban J connectivity index is 2.09. The number of carbonyl (C=O) groups excluding carboxylic acids is 1. The van der Waals surface area contributed by atoms with Gasteiger partial charge in [-0.3, -0.25) is 4.79 Å². The van der Waals surface area contributed by atoms with Crippen LogP contribution in [0.1, 0.15) is 38.5 Å². The van der Waals surface area contributed by atoms with Gasteiger partial charge in [-0.15, -0.1) is 0 Å². The van der Waals surface area contributed by atoms with Gasteiger partial charge in [0.2, 0.25) is 0 Å². The Labute approximate surface area is 99.1 Å². The minimum Gasteiger partial charge on any atom is -0.347 e. The van der Waals surface area contributed by atoms with Crippen LogP contribution in [0.5, 0.6) is 0 Å². The van der Waals surface area contributed by atoms with Crippen molar-refractivity contribution in [2.24, 2.45) is 0 Å². The van der Waals surface area contributed by atoms with E-state index in [1.807, 2.05) is 5.32 Å². The van der Waals surface area contributed by atoms with Gasteiger partial charge in [0.25, 0.3) is 0 Å². The van der Waals surface area contributed by atoms with Crippen LogP contribution in [0.25, 0.3) is 0 Å². The van der Waals surface area contributed by atoms with Crippen molar-refractivity contribution in [2.45, 2.75) is 50.7 Å². The van der Waals surface area contributed by atoms with Crippen LogP contribution < -0.4 is 10.6 Å². The van der Waals surface area contributed by atoms with Crippen LogP contribution in [0.2, 0.25) is 0 Å². The van der Waals surface area contributed by atoms with Gasteiger partial charge >= 0.3 is 12.1 Å². The standard InChI is InChI=1S/C11H19F3N2O/c12-11(13,14)10(17)16-8-7-15-9-5-3-1-2-4-6-9/h9,15H,1-8H2,(H,16,17). The lowest BCUT2D eigenvalue weighted by atomic mass is 10.1. The quantitative estimate of drug-likeness (QED) is 0.593. The number of rotatable bonds is 4. The smallest absolute Gasteiger partial charge is 0.347 e. The van der Waals surface area contributed by atoms with E-state index in [0.717, 1.165) is 12.8 Å². The van der Waals surface area contributed by atoms with E-state index in [2.05, 4.69) is 5.32 Å². The molecule has 0 aromatic heterocycles. The Morgan fingerprint density at radius 3 is 2.18 bits per heavy atom. The Bertz CT molecular complexity index is 235. The fourth-order valence-electron chi connectivity index (χ4n) is 2.04. The van der Waals surface area contributed by atoms with Gasteiger partial charge in [0.15, 0.2) is 0 Å². The largest absolute Gasteiger partial charge is 0.471 e. The highest BCUT2D eigenvalue weighted by Gasteiger charge is 2.38. The second-order valence-corrected chi connectivity index (χ2v) is 4.40. The molecule has 2 N–H and O–H groups in total. The topological polar surface area (TPSA) is 41.1 Å². The molecule has 0 aromatic rings. The molecule has 1 fully saturated rings. The molecule has 0 unspecified atom stereocenters. The Hall–Kier alpha value is -0.780. The molecule has 1 aliphatic carbocycles. The first-order chi connectivity index (χ1) is 8.00. The molecule has 0 bridgehead atoms. The van der Waals surface area contributed by atoms with E-state index >= 15 is 0 Å². The lowest BCUT2D eigenvalue weighted by Crippen LogP contribution is -2.42. The SMILES string of the molecule is O=C(NCCNC1CCCCCC1)C(F)(F)F. The lowest BCUT2D eigenvalue weighted by molar-refractivity contribution is -0.173. The first kappa shape index (κ1) is 14.3. The third kappa shape index (κ3) is 5.91. The summed E-state index contributed by atoms with van der Waals surface area (Å²) in [5, 5.41) is 5.04. The van der Waals surface area contributed by atoms with Crippen LogP contribution in [0, 0.1) is 0 Å². The van der Waals surface area contributed by atoms with Crippen molar-refractivity contribution < 1.29 is 18.0 Å². The average Bonchev–Trinajstić information content (AvgIpc) is 2.51. The summed E-state index contributed by atoms with van der Waals surface area (Å²) < 4.78 is 35.6. The maximum Gasteiger partial charge on any atom is 0.471 e. The average molecular weight is 252 g/mol. The lowest BCUT2D eigenvalue weighted by Gasteiger charge is -2.16. The van der Waals surface area contributed by atoms with Gasteiger partial charge in [-0.05, 0) is 12.8 Å². The third-order valence-electron chi connectivity index (χ3n) is 2.96. The minimum atomic E-state index is -4.78. The van der Waals surface area contributed by atoms with E-state index in [1.54, 1.807) is 0 Å². The maximum absolute atomic E-state index is 11.9. The molecule has 0 atom stereocenters. The van der Waals surface area contributed by atoms with Gasteiger partial charge in [-0.1, -0.05) is 25.7 Å². The van der Waals surface area contributed by atoms with Gasteiger partial charge in [-0.2, -0.15) is 13.2 Å². The maximum atomic E-state index is 11.9. The highest BCUT2D eigenvalue weighted by Crippen LogP contribution is 2.17. The van der Waals surface area contributed by atoms with Crippen molar-refractivity contribution >= 4 is 5.91 Å². The van der Waals surface area contributed by atoms with Crippen molar-refractivity contribution in [1.29, 1.82) is 0 Å². The summed E-state index contributed by atoms with van der Waals surface area (Å²) in [5.41, 5.74) is 0. The molecule has 0 aromatic carbocycles. The molecule has 1 aliphatic rings. The Morgan fingerprint density at radius 1 is 1.06 bits per heavy atom. The predicted octanol–water partition coefficient (Wildman–Crippen LogP) is 1.98. The molecular formula is C11H19F3N2O. The summed E-state index contributed by atoms with van der Waals surface area (Å²) in [6.45, 7) is 0.418. The highest BCUT2D eigenvalue weighted by molar-refractivity contribution is 5.81. The molecule has 1 saturated carbocycles. The van der Waals surface area contributed by atoms with E-state index in [9.17, 15) is 18.0 Å². The molecule has 1 amide bonds. The zero-order valence-corrected chi connectivity index (χ0v) is 9.78. The van der Waals surface area contributed by atoms with Crippen LogP contribution in [-0.2, 0) is 4.79 Å². The summed E-state index contributed by atoms with van der Waals surface area (Å²) in [4.78, 5) is 10.5. The van der Waals surface area contributed by atoms with Gasteiger partial charge < -0.3 is 10.6 Å². The van der Waals surface area contributed by atoms with Crippen LogP contribution in [0.3, 0.4) is 0 Å². The van der Waals surface area contributed by atoms with Crippen molar-refractivity contribution in [3.63, 3.8) is 0 Å². The molecule has 100 valence electrons. The summed E-state index contributed by atoms with van der Waals surface area (Å²) in [6, 6.07) is 0.389. The third-order valence-corrected chi connectivity index (χ3v) is 2.96. The molecule has 0 spiro atoms. The van der Waals surface area contributed by atoms with Gasteiger partial charge in [0.1, 0.15) is 0 Å². The van der Waals surface area contributed by atoms with Crippen LogP contribution in [0.4, 0.5) is 13.2 Å². The van der Waals surface area contributed by atoms with Crippen molar-refractivity contribution in [1.82, 2.24) is 10.6 Å². The zero-order valence-electron chi connectivity index (χ0n) is 9.78. The van der Waals surface area contributed by atoms with E-state index in [1.165, 1.54) is 25.7 Å². The molecule has 3 nitrogen and oxygen atoms in total. The van der Waals surface area contributed by atoms with Crippen LogP contribution in [0.15, 0.2) is 0 Å². The number of amides is 1. The van der Waals surface area contributed by atoms with E-state index in [4.69, 9.17) is 0 Å². The number of hydrogen-bond acceptors (Lipinski definition) is 2. The molecule has 0 saturated heterocycles. The monoisotopic (exact) mass is 252 g/mol. The van der Waals surface area contributed by atoms with Crippen molar-refractivity contribution in [2.75, 3.05) is 13.1 Å². The molecule has 6 heteroatoms. The highest BCUT2D eigenvalue weighted by atomic mass is 19.4. The molecular weight excluding hydrogens is 233 g/mol. The zero-order chi connectivity index (χ0) is 12.7. The molecule has 1 rings (SSSR count). The van der Waals surface area contributed by atoms with Crippen LogP contribution in [-0.4, -0.2) is 31.2 Å². The summed E-state index contributed by atoms with van der Waals surface area (Å²) in [6.07, 6.45) is 2.20. The summed E-state index contributed by atoms with van der Waals surface area (Å²) in [7, 11) is 0. The predicted molar refractivity (Wildman–Crippen MR) is 58.6 cm³/mol. The Kier molecular flexibility index (Phi) is 5.74. The van der Waals surface area contributed by atoms with Gasteiger partial charge in [0.05, 0.1) is 0 Å². The van der Waals surface area contributed by atoms with E-state index in [0.29, 0.717) is 12.6 Å². The molecule has 0 aliphatic heterocycles. The van der Waals surface area contributed by atoms with Gasteiger partial charge in [-0.25, -0.2) is 0 Å². The number of carbonyl (C=O) groups is 1. The second kappa shape index (κ2) is 6.83. The molecule has 17 heavy (non-hydrogen) atoms. The minimum absolute atomic E-state index is 0.0227. The fourth-order valence-corrected chi connectivity index (χ4v) is 2.04. The summed E-state index contributed by atoms with van der Waals surface area (Å²) >= 11 is 0.